The van der Waals surface area contributed by atoms with E-state index < -0.39 is 9.84 Å². The Morgan fingerprint density at radius 1 is 1.31 bits per heavy atom. The molecule has 5 heteroatoms. The number of aryl methyl sites for hydroxylation is 1. The topological polar surface area (TPSA) is 84.0 Å². The molecule has 0 spiro atoms. The highest BCUT2D eigenvalue weighted by molar-refractivity contribution is 7.90. The van der Waals surface area contributed by atoms with Crippen molar-refractivity contribution in [2.45, 2.75) is 25.7 Å². The fourth-order valence-corrected chi connectivity index (χ4v) is 2.19. The minimum absolute atomic E-state index is 0.0619. The molecule has 0 aliphatic rings. The van der Waals surface area contributed by atoms with Gasteiger partial charge in [0.25, 0.3) is 0 Å². The van der Waals surface area contributed by atoms with Crippen molar-refractivity contribution in [1.29, 1.82) is 5.41 Å². The van der Waals surface area contributed by atoms with E-state index in [2.05, 4.69) is 0 Å². The molecule has 0 unspecified atom stereocenters. The van der Waals surface area contributed by atoms with Crippen LogP contribution in [0.5, 0.6) is 0 Å². The molecule has 0 fully saturated rings. The number of hydrogen-bond donors (Lipinski definition) is 2. The van der Waals surface area contributed by atoms with Crippen molar-refractivity contribution in [3.05, 3.63) is 29.3 Å². The molecule has 0 heterocycles. The normalized spacial score (nSPS) is 10.2. The van der Waals surface area contributed by atoms with Gasteiger partial charge in [0.05, 0.1) is 4.90 Å². The first-order valence-corrected chi connectivity index (χ1v) is 6.86. The molecule has 1 rings (SSSR count). The lowest BCUT2D eigenvalue weighted by Crippen LogP contribution is -2.12. The fraction of sp³-hybridized carbons (Fsp3) is 0.364. The molecule has 0 bridgehead atoms. The van der Waals surface area contributed by atoms with Crippen molar-refractivity contribution in [2.24, 2.45) is 5.73 Å². The maximum absolute atomic E-state index is 11.2. The minimum Gasteiger partial charge on any atom is -0.384 e. The van der Waals surface area contributed by atoms with E-state index in [1.54, 1.807) is 13.0 Å². The van der Waals surface area contributed by atoms with E-state index in [0.717, 1.165) is 6.26 Å². The lowest BCUT2D eigenvalue weighted by Gasteiger charge is -2.05. The van der Waals surface area contributed by atoms with Crippen molar-refractivity contribution in [3.8, 4) is 0 Å². The third-order valence-corrected chi connectivity index (χ3v) is 3.14. The van der Waals surface area contributed by atoms with Crippen LogP contribution < -0.4 is 5.73 Å². The molecule has 0 radical (unpaired) electrons. The molecule has 0 aromatic heterocycles. The smallest absolute Gasteiger partial charge is 0.175 e. The summed E-state index contributed by atoms with van der Waals surface area (Å²) in [5.41, 5.74) is 6.42. The van der Waals surface area contributed by atoms with Crippen LogP contribution in [0.3, 0.4) is 0 Å². The summed E-state index contributed by atoms with van der Waals surface area (Å²) < 4.78 is 22.5. The van der Waals surface area contributed by atoms with Crippen LogP contribution in [-0.4, -0.2) is 20.5 Å². The molecule has 0 saturated heterocycles. The molecule has 4 nitrogen and oxygen atoms in total. The van der Waals surface area contributed by atoms with Gasteiger partial charge in [0.1, 0.15) is 5.84 Å². The predicted molar refractivity (Wildman–Crippen MR) is 66.7 cm³/mol. The van der Waals surface area contributed by atoms with Crippen LogP contribution in [0.1, 0.15) is 25.0 Å². The van der Waals surface area contributed by atoms with Gasteiger partial charge in [-0.05, 0) is 30.7 Å². The Hall–Kier alpha value is -1.36. The Kier molecular flexibility index (Phi) is 5.17. The predicted octanol–water partition coefficient (Wildman–Crippen LogP) is 1.71. The monoisotopic (exact) mass is 242 g/mol. The first-order valence-electron chi connectivity index (χ1n) is 4.97. The molecule has 16 heavy (non-hydrogen) atoms. The first kappa shape index (κ1) is 14.6. The van der Waals surface area contributed by atoms with Crippen molar-refractivity contribution in [3.63, 3.8) is 0 Å². The lowest BCUT2D eigenvalue weighted by molar-refractivity contribution is 0.601. The lowest BCUT2D eigenvalue weighted by atomic mass is 10.1. The summed E-state index contributed by atoms with van der Waals surface area (Å²) in [5.74, 6) is -0.0619. The standard InChI is InChI=1S/C9H12N2O2S.C2H6/c1-6-5-7(9(10)11)3-4-8(6)14(2,12)13;1-2/h3-5H,1-2H3,(H3,10,11);1-2H3. The Labute approximate surface area is 96.9 Å². The molecule has 0 saturated carbocycles. The van der Waals surface area contributed by atoms with E-state index in [-0.39, 0.29) is 10.7 Å². The van der Waals surface area contributed by atoms with Gasteiger partial charge in [-0.1, -0.05) is 13.8 Å². The van der Waals surface area contributed by atoms with E-state index in [1.807, 2.05) is 13.8 Å². The number of amidine groups is 1. The molecule has 0 aliphatic heterocycles. The molecule has 0 amide bonds. The van der Waals surface area contributed by atoms with Gasteiger partial charge in [0.2, 0.25) is 0 Å². The van der Waals surface area contributed by atoms with Gasteiger partial charge in [-0.3, -0.25) is 5.41 Å². The third kappa shape index (κ3) is 3.66. The second-order valence-electron chi connectivity index (χ2n) is 3.17. The molecule has 0 aliphatic carbocycles. The van der Waals surface area contributed by atoms with Crippen LogP contribution in [0.15, 0.2) is 23.1 Å². The number of hydrogen-bond acceptors (Lipinski definition) is 3. The molecule has 90 valence electrons. The van der Waals surface area contributed by atoms with Crippen molar-refractivity contribution < 1.29 is 8.42 Å². The van der Waals surface area contributed by atoms with Crippen LogP contribution in [-0.2, 0) is 9.84 Å². The number of nitrogen functional groups attached to an aromatic ring is 1. The van der Waals surface area contributed by atoms with E-state index in [9.17, 15) is 8.42 Å². The van der Waals surface area contributed by atoms with E-state index in [1.165, 1.54) is 12.1 Å². The van der Waals surface area contributed by atoms with Crippen molar-refractivity contribution in [2.75, 3.05) is 6.26 Å². The Bertz CT molecular complexity index is 479. The fourth-order valence-electron chi connectivity index (χ4n) is 1.23. The van der Waals surface area contributed by atoms with Crippen LogP contribution in [0.2, 0.25) is 0 Å². The SMILES string of the molecule is CC.Cc1cc(C(=N)N)ccc1S(C)(=O)=O. The van der Waals surface area contributed by atoms with Gasteiger partial charge in [0, 0.05) is 11.8 Å². The molecular formula is C11H18N2O2S. The summed E-state index contributed by atoms with van der Waals surface area (Å²) in [6.45, 7) is 5.68. The summed E-state index contributed by atoms with van der Waals surface area (Å²) >= 11 is 0. The number of rotatable bonds is 2. The quantitative estimate of drug-likeness (QED) is 0.611. The zero-order chi connectivity index (χ0) is 12.9. The van der Waals surface area contributed by atoms with Gasteiger partial charge < -0.3 is 5.73 Å². The van der Waals surface area contributed by atoms with Gasteiger partial charge >= 0.3 is 0 Å². The van der Waals surface area contributed by atoms with Crippen LogP contribution >= 0.6 is 0 Å². The number of sulfone groups is 1. The average molecular weight is 242 g/mol. The molecular weight excluding hydrogens is 224 g/mol. The Morgan fingerprint density at radius 2 is 1.81 bits per heavy atom. The zero-order valence-corrected chi connectivity index (χ0v) is 10.9. The zero-order valence-electron chi connectivity index (χ0n) is 10.0. The van der Waals surface area contributed by atoms with Gasteiger partial charge in [0.15, 0.2) is 9.84 Å². The second-order valence-corrected chi connectivity index (χ2v) is 5.15. The van der Waals surface area contributed by atoms with Gasteiger partial charge in [-0.2, -0.15) is 0 Å². The summed E-state index contributed by atoms with van der Waals surface area (Å²) in [6, 6.07) is 4.60. The maximum Gasteiger partial charge on any atom is 0.175 e. The summed E-state index contributed by atoms with van der Waals surface area (Å²) in [5, 5.41) is 7.19. The highest BCUT2D eigenvalue weighted by Crippen LogP contribution is 2.16. The summed E-state index contributed by atoms with van der Waals surface area (Å²) in [7, 11) is -3.19. The van der Waals surface area contributed by atoms with Crippen molar-refractivity contribution >= 4 is 15.7 Å². The summed E-state index contributed by atoms with van der Waals surface area (Å²) in [6.07, 6.45) is 1.16. The van der Waals surface area contributed by atoms with Crippen molar-refractivity contribution in [1.82, 2.24) is 0 Å². The number of nitrogens with two attached hydrogens (primary N) is 1. The van der Waals surface area contributed by atoms with E-state index in [4.69, 9.17) is 11.1 Å². The second kappa shape index (κ2) is 5.65. The molecule has 0 atom stereocenters. The van der Waals surface area contributed by atoms with Gasteiger partial charge in [-0.15, -0.1) is 0 Å². The maximum atomic E-state index is 11.2. The molecule has 1 aromatic rings. The minimum atomic E-state index is -3.19. The summed E-state index contributed by atoms with van der Waals surface area (Å²) in [4.78, 5) is 0.280. The number of benzene rings is 1. The highest BCUT2D eigenvalue weighted by Gasteiger charge is 2.11. The van der Waals surface area contributed by atoms with Crippen LogP contribution in [0.4, 0.5) is 0 Å². The number of nitrogens with one attached hydrogen (secondary N) is 1. The first-order chi connectivity index (χ1) is 7.32. The largest absolute Gasteiger partial charge is 0.384 e. The van der Waals surface area contributed by atoms with Crippen LogP contribution in [0, 0.1) is 12.3 Å². The third-order valence-electron chi connectivity index (χ3n) is 1.89. The Morgan fingerprint density at radius 3 is 2.12 bits per heavy atom. The average Bonchev–Trinajstić information content (AvgIpc) is 2.18. The van der Waals surface area contributed by atoms with Crippen LogP contribution in [0.25, 0.3) is 0 Å². The van der Waals surface area contributed by atoms with E-state index >= 15 is 0 Å². The van der Waals surface area contributed by atoms with E-state index in [0.29, 0.717) is 11.1 Å². The van der Waals surface area contributed by atoms with Gasteiger partial charge in [-0.25, -0.2) is 8.42 Å². The highest BCUT2D eigenvalue weighted by atomic mass is 32.2. The molecule has 3 N–H and O–H groups in total. The Balaban J connectivity index is 0.00000106. The molecule has 1 aromatic carbocycles.